The molecular weight excluding hydrogens is 292 g/mol. The quantitative estimate of drug-likeness (QED) is 0.887. The van der Waals surface area contributed by atoms with E-state index in [0.29, 0.717) is 13.2 Å². The Labute approximate surface area is 136 Å². The molecule has 0 bridgehead atoms. The van der Waals surface area contributed by atoms with Gasteiger partial charge in [-0.25, -0.2) is 4.79 Å². The summed E-state index contributed by atoms with van der Waals surface area (Å²) in [5, 5.41) is 6.33. The number of urea groups is 1. The van der Waals surface area contributed by atoms with Crippen LogP contribution >= 0.6 is 0 Å². The Kier molecular flexibility index (Phi) is 5.26. The number of allylic oxidation sites excluding steroid dienone is 4. The maximum absolute atomic E-state index is 12.5. The third-order valence-electron chi connectivity index (χ3n) is 3.97. The normalized spacial score (nSPS) is 20.8. The van der Waals surface area contributed by atoms with Gasteiger partial charge in [0.15, 0.2) is 0 Å². The number of nitrogens with one attached hydrogen (secondary N) is 2. The molecule has 6 nitrogen and oxygen atoms in total. The zero-order valence-corrected chi connectivity index (χ0v) is 13.1. The highest BCUT2D eigenvalue weighted by atomic mass is 16.5. The fourth-order valence-electron chi connectivity index (χ4n) is 2.72. The van der Waals surface area contributed by atoms with Gasteiger partial charge in [0.25, 0.3) is 0 Å². The van der Waals surface area contributed by atoms with Crippen LogP contribution in [0, 0.1) is 0 Å². The summed E-state index contributed by atoms with van der Waals surface area (Å²) in [5.74, 6) is 0.721. The summed E-state index contributed by atoms with van der Waals surface area (Å²) in [7, 11) is 0. The molecule has 1 unspecified atom stereocenters. The third-order valence-corrected chi connectivity index (χ3v) is 3.97. The molecule has 122 valence electrons. The molecule has 1 aromatic rings. The van der Waals surface area contributed by atoms with E-state index in [1.165, 1.54) is 0 Å². The summed E-state index contributed by atoms with van der Waals surface area (Å²) in [6, 6.07) is 3.66. The largest absolute Gasteiger partial charge is 0.490 e. The highest BCUT2D eigenvalue weighted by Gasteiger charge is 2.27. The Hall–Kier alpha value is -2.34. The predicted octanol–water partition coefficient (Wildman–Crippen LogP) is 1.68. The van der Waals surface area contributed by atoms with Gasteiger partial charge in [0.2, 0.25) is 0 Å². The van der Waals surface area contributed by atoms with Gasteiger partial charge >= 0.3 is 6.03 Å². The topological polar surface area (TPSA) is 66.5 Å². The van der Waals surface area contributed by atoms with E-state index in [9.17, 15) is 4.79 Å². The Balaban J connectivity index is 1.58. The lowest BCUT2D eigenvalue weighted by Gasteiger charge is -2.36. The van der Waals surface area contributed by atoms with Gasteiger partial charge in [-0.1, -0.05) is 12.2 Å². The van der Waals surface area contributed by atoms with Crippen molar-refractivity contribution in [1.82, 2.24) is 20.5 Å². The molecule has 23 heavy (non-hydrogen) atoms. The molecular formula is C17H22N4O2. The lowest BCUT2D eigenvalue weighted by atomic mass is 10.1. The van der Waals surface area contributed by atoms with Crippen molar-refractivity contribution in [2.75, 3.05) is 26.2 Å². The van der Waals surface area contributed by atoms with Gasteiger partial charge in [-0.15, -0.1) is 0 Å². The zero-order valence-electron chi connectivity index (χ0n) is 13.1. The number of piperazine rings is 1. The maximum Gasteiger partial charge on any atom is 0.322 e. The Morgan fingerprint density at radius 3 is 3.26 bits per heavy atom. The van der Waals surface area contributed by atoms with Crippen LogP contribution in [0.5, 0.6) is 5.75 Å². The minimum Gasteiger partial charge on any atom is -0.490 e. The summed E-state index contributed by atoms with van der Waals surface area (Å²) < 4.78 is 5.77. The summed E-state index contributed by atoms with van der Waals surface area (Å²) in [5.41, 5.74) is 0.975. The number of rotatable bonds is 4. The van der Waals surface area contributed by atoms with E-state index >= 15 is 0 Å². The molecule has 1 aliphatic carbocycles. The minimum atomic E-state index is -0.0483. The lowest BCUT2D eigenvalue weighted by molar-refractivity contribution is 0.126. The van der Waals surface area contributed by atoms with Gasteiger partial charge in [0, 0.05) is 31.5 Å². The first kappa shape index (κ1) is 15.6. The zero-order chi connectivity index (χ0) is 15.9. The fraction of sp³-hybridized carbons (Fsp3) is 0.412. The smallest absolute Gasteiger partial charge is 0.322 e. The molecule has 0 radical (unpaired) electrons. The van der Waals surface area contributed by atoms with E-state index < -0.39 is 0 Å². The summed E-state index contributed by atoms with van der Waals surface area (Å²) in [6.45, 7) is 2.66. The molecule has 2 aliphatic rings. The number of pyridine rings is 1. The number of carbonyl (C=O) groups is 1. The number of carbonyl (C=O) groups excluding carboxylic acids is 1. The Morgan fingerprint density at radius 1 is 1.52 bits per heavy atom. The van der Waals surface area contributed by atoms with Crippen LogP contribution < -0.4 is 15.4 Å². The third kappa shape index (κ3) is 4.32. The summed E-state index contributed by atoms with van der Waals surface area (Å²) in [6.07, 6.45) is 11.3. The van der Waals surface area contributed by atoms with E-state index in [0.717, 1.165) is 37.4 Å². The van der Waals surface area contributed by atoms with Gasteiger partial charge < -0.3 is 20.3 Å². The molecule has 6 heteroatoms. The monoisotopic (exact) mass is 314 g/mol. The number of hydrogen-bond donors (Lipinski definition) is 2. The molecule has 2 amide bonds. The predicted molar refractivity (Wildman–Crippen MR) is 88.1 cm³/mol. The van der Waals surface area contributed by atoms with Gasteiger partial charge in [-0.3, -0.25) is 4.98 Å². The number of aromatic nitrogens is 1. The molecule has 0 saturated carbocycles. The van der Waals surface area contributed by atoms with Crippen LogP contribution in [0.2, 0.25) is 0 Å². The van der Waals surface area contributed by atoms with Crippen LogP contribution in [0.3, 0.4) is 0 Å². The second-order valence-electron chi connectivity index (χ2n) is 5.64. The van der Waals surface area contributed by atoms with Crippen LogP contribution in [0.4, 0.5) is 4.79 Å². The van der Waals surface area contributed by atoms with Gasteiger partial charge in [-0.05, 0) is 31.1 Å². The number of amides is 2. The molecule has 3 rings (SSSR count). The van der Waals surface area contributed by atoms with E-state index in [1.807, 2.05) is 29.2 Å². The van der Waals surface area contributed by atoms with Crippen LogP contribution in [-0.2, 0) is 0 Å². The Morgan fingerprint density at radius 2 is 2.48 bits per heavy atom. The first-order valence-corrected chi connectivity index (χ1v) is 8.00. The highest BCUT2D eigenvalue weighted by molar-refractivity contribution is 5.76. The van der Waals surface area contributed by atoms with Crippen LogP contribution in [0.25, 0.3) is 0 Å². The van der Waals surface area contributed by atoms with Crippen LogP contribution in [-0.4, -0.2) is 48.2 Å². The molecule has 1 saturated heterocycles. The molecule has 2 heterocycles. The molecule has 1 aromatic heterocycles. The highest BCUT2D eigenvalue weighted by Crippen LogP contribution is 2.13. The van der Waals surface area contributed by atoms with Crippen LogP contribution in [0.1, 0.15) is 12.8 Å². The summed E-state index contributed by atoms with van der Waals surface area (Å²) in [4.78, 5) is 18.4. The average molecular weight is 314 g/mol. The maximum atomic E-state index is 12.5. The Bertz CT molecular complexity index is 586. The van der Waals surface area contributed by atoms with E-state index in [1.54, 1.807) is 12.4 Å². The molecule has 0 aromatic carbocycles. The average Bonchev–Trinajstić information content (AvgIpc) is 2.62. The number of hydrogen-bond acceptors (Lipinski definition) is 4. The van der Waals surface area contributed by atoms with Crippen molar-refractivity contribution < 1.29 is 9.53 Å². The first-order chi connectivity index (χ1) is 11.3. The second-order valence-corrected chi connectivity index (χ2v) is 5.64. The van der Waals surface area contributed by atoms with Crippen molar-refractivity contribution in [2.24, 2.45) is 0 Å². The van der Waals surface area contributed by atoms with Crippen molar-refractivity contribution in [2.45, 2.75) is 18.9 Å². The van der Waals surface area contributed by atoms with Crippen molar-refractivity contribution in [3.8, 4) is 5.75 Å². The molecule has 1 atom stereocenters. The van der Waals surface area contributed by atoms with Crippen molar-refractivity contribution >= 4 is 6.03 Å². The number of ether oxygens (including phenoxy) is 1. The van der Waals surface area contributed by atoms with Crippen molar-refractivity contribution in [3.05, 3.63) is 48.5 Å². The van der Waals surface area contributed by atoms with E-state index in [-0.39, 0.29) is 12.1 Å². The van der Waals surface area contributed by atoms with Gasteiger partial charge in [0.1, 0.15) is 12.4 Å². The van der Waals surface area contributed by atoms with Crippen LogP contribution in [0.15, 0.2) is 48.5 Å². The minimum absolute atomic E-state index is 0.00342. The van der Waals surface area contributed by atoms with Crippen molar-refractivity contribution in [1.29, 1.82) is 0 Å². The summed E-state index contributed by atoms with van der Waals surface area (Å²) >= 11 is 0. The lowest BCUT2D eigenvalue weighted by Crippen LogP contribution is -2.58. The number of nitrogens with zero attached hydrogens (tertiary/aromatic N) is 2. The van der Waals surface area contributed by atoms with Gasteiger partial charge in [-0.2, -0.15) is 0 Å². The molecule has 1 aliphatic heterocycles. The molecule has 1 fully saturated rings. The van der Waals surface area contributed by atoms with E-state index in [2.05, 4.69) is 21.7 Å². The SMILES string of the molecule is O=C(NC1=CC=CCC1)N1CCNCC1COc1cccnc1. The van der Waals surface area contributed by atoms with Gasteiger partial charge in [0.05, 0.1) is 12.2 Å². The molecule has 0 spiro atoms. The van der Waals surface area contributed by atoms with E-state index in [4.69, 9.17) is 4.74 Å². The first-order valence-electron chi connectivity index (χ1n) is 8.00. The second kappa shape index (κ2) is 7.78. The van der Waals surface area contributed by atoms with Crippen molar-refractivity contribution in [3.63, 3.8) is 0 Å². The molecule has 2 N–H and O–H groups in total. The standard InChI is InChI=1S/C17H22N4O2/c22-17(20-14-5-2-1-3-6-14)21-10-9-19-11-15(21)13-23-16-7-4-8-18-12-16/h1-2,4-5,7-8,12,15,19H,3,6,9-11,13H2,(H,20,22). The fourth-order valence-corrected chi connectivity index (χ4v) is 2.72.